The van der Waals surface area contributed by atoms with Gasteiger partial charge in [0.15, 0.2) is 5.78 Å². The molecule has 0 amide bonds. The van der Waals surface area contributed by atoms with Crippen LogP contribution in [0.4, 0.5) is 4.39 Å². The number of ketones is 1. The van der Waals surface area contributed by atoms with E-state index in [1.54, 1.807) is 17.0 Å². The molecule has 0 aliphatic rings. The number of benzene rings is 1. The van der Waals surface area contributed by atoms with E-state index in [2.05, 4.69) is 5.10 Å². The molecular weight excluding hydrogens is 231 g/mol. The third kappa shape index (κ3) is 2.71. The largest absolute Gasteiger partial charge is 0.289 e. The van der Waals surface area contributed by atoms with Gasteiger partial charge < -0.3 is 0 Å². The van der Waals surface area contributed by atoms with Gasteiger partial charge in [0.1, 0.15) is 5.82 Å². The Balaban J connectivity index is 2.14. The molecule has 1 aromatic heterocycles. The Bertz CT molecular complexity index is 570. The molecule has 0 radical (unpaired) electrons. The number of aromatic nitrogens is 2. The van der Waals surface area contributed by atoms with Gasteiger partial charge in [0.25, 0.3) is 0 Å². The Labute approximate surface area is 105 Å². The third-order valence-corrected chi connectivity index (χ3v) is 2.58. The van der Waals surface area contributed by atoms with Crippen molar-refractivity contribution in [1.82, 2.24) is 9.78 Å². The molecule has 4 heteroatoms. The molecule has 1 heterocycles. The number of carbonyl (C=O) groups is 1. The van der Waals surface area contributed by atoms with E-state index in [9.17, 15) is 9.18 Å². The number of halogens is 1. The molecule has 0 N–H and O–H groups in total. The quantitative estimate of drug-likeness (QED) is 0.612. The minimum atomic E-state index is -0.348. The zero-order chi connectivity index (χ0) is 13.0. The van der Waals surface area contributed by atoms with Crippen LogP contribution in [0.5, 0.6) is 0 Å². The highest BCUT2D eigenvalue weighted by Crippen LogP contribution is 2.07. The lowest BCUT2D eigenvalue weighted by molar-refractivity contribution is 0.104. The fourth-order valence-electron chi connectivity index (χ4n) is 1.62. The summed E-state index contributed by atoms with van der Waals surface area (Å²) >= 11 is 0. The van der Waals surface area contributed by atoms with Crippen LogP contribution in [0.25, 0.3) is 6.08 Å². The Morgan fingerprint density at radius 1 is 1.33 bits per heavy atom. The van der Waals surface area contributed by atoms with Crippen molar-refractivity contribution < 1.29 is 9.18 Å². The fraction of sp³-hybridized carbons (Fsp3) is 0.143. The summed E-state index contributed by atoms with van der Waals surface area (Å²) < 4.78 is 14.5. The van der Waals surface area contributed by atoms with Gasteiger partial charge in [-0.15, -0.1) is 0 Å². The highest BCUT2D eigenvalue weighted by Gasteiger charge is 2.02. The van der Waals surface area contributed by atoms with Crippen molar-refractivity contribution in [2.45, 2.75) is 13.5 Å². The monoisotopic (exact) mass is 244 g/mol. The lowest BCUT2D eigenvalue weighted by Crippen LogP contribution is -1.99. The molecule has 0 fully saturated rings. The van der Waals surface area contributed by atoms with Crippen LogP contribution in [0.2, 0.25) is 0 Å². The van der Waals surface area contributed by atoms with Gasteiger partial charge in [-0.1, -0.05) is 0 Å². The van der Waals surface area contributed by atoms with E-state index in [0.29, 0.717) is 5.56 Å². The SMILES string of the molecule is CCn1nccc1/C=C/C(=O)c1ccc(F)cc1. The molecule has 18 heavy (non-hydrogen) atoms. The number of aryl methyl sites for hydroxylation is 1. The number of hydrogen-bond acceptors (Lipinski definition) is 2. The van der Waals surface area contributed by atoms with E-state index in [4.69, 9.17) is 0 Å². The van der Waals surface area contributed by atoms with Gasteiger partial charge in [-0.25, -0.2) is 4.39 Å². The molecule has 0 aliphatic carbocycles. The van der Waals surface area contributed by atoms with Gasteiger partial charge in [0.2, 0.25) is 0 Å². The van der Waals surface area contributed by atoms with Gasteiger partial charge in [0, 0.05) is 18.3 Å². The predicted molar refractivity (Wildman–Crippen MR) is 67.7 cm³/mol. The Hall–Kier alpha value is -2.23. The third-order valence-electron chi connectivity index (χ3n) is 2.58. The molecule has 0 bridgehead atoms. The number of allylic oxidation sites excluding steroid dienone is 1. The van der Waals surface area contributed by atoms with Crippen LogP contribution in [0.1, 0.15) is 23.0 Å². The summed E-state index contributed by atoms with van der Waals surface area (Å²) in [5.74, 6) is -0.501. The maximum absolute atomic E-state index is 12.7. The molecule has 2 rings (SSSR count). The van der Waals surface area contributed by atoms with Crippen LogP contribution in [-0.4, -0.2) is 15.6 Å². The van der Waals surface area contributed by atoms with Gasteiger partial charge in [0.05, 0.1) is 5.69 Å². The van der Waals surface area contributed by atoms with Crippen molar-refractivity contribution in [2.75, 3.05) is 0 Å². The first-order chi connectivity index (χ1) is 8.70. The molecule has 1 aromatic carbocycles. The van der Waals surface area contributed by atoms with E-state index >= 15 is 0 Å². The average molecular weight is 244 g/mol. The Morgan fingerprint density at radius 3 is 2.72 bits per heavy atom. The molecule has 0 aliphatic heterocycles. The minimum absolute atomic E-state index is 0.154. The maximum Gasteiger partial charge on any atom is 0.185 e. The summed E-state index contributed by atoms with van der Waals surface area (Å²) in [6, 6.07) is 7.32. The molecule has 0 atom stereocenters. The summed E-state index contributed by atoms with van der Waals surface area (Å²) in [5, 5.41) is 4.10. The van der Waals surface area contributed by atoms with E-state index in [-0.39, 0.29) is 11.6 Å². The van der Waals surface area contributed by atoms with Crippen molar-refractivity contribution >= 4 is 11.9 Å². The Morgan fingerprint density at radius 2 is 2.06 bits per heavy atom. The van der Waals surface area contributed by atoms with Gasteiger partial charge in [-0.2, -0.15) is 5.10 Å². The number of carbonyl (C=O) groups excluding carboxylic acids is 1. The highest BCUT2D eigenvalue weighted by molar-refractivity contribution is 6.06. The summed E-state index contributed by atoms with van der Waals surface area (Å²) in [4.78, 5) is 11.8. The second-order valence-electron chi connectivity index (χ2n) is 3.78. The fourth-order valence-corrected chi connectivity index (χ4v) is 1.62. The average Bonchev–Trinajstić information content (AvgIpc) is 2.84. The van der Waals surface area contributed by atoms with Gasteiger partial charge >= 0.3 is 0 Å². The number of nitrogens with zero attached hydrogens (tertiary/aromatic N) is 2. The van der Waals surface area contributed by atoms with E-state index in [0.717, 1.165) is 12.2 Å². The van der Waals surface area contributed by atoms with Crippen molar-refractivity contribution in [3.05, 3.63) is 59.7 Å². The maximum atomic E-state index is 12.7. The first kappa shape index (κ1) is 12.2. The van der Waals surface area contributed by atoms with Crippen LogP contribution in [0.3, 0.4) is 0 Å². The first-order valence-corrected chi connectivity index (χ1v) is 5.70. The Kier molecular flexibility index (Phi) is 3.67. The molecule has 3 nitrogen and oxygen atoms in total. The van der Waals surface area contributed by atoms with E-state index in [1.807, 2.05) is 13.0 Å². The first-order valence-electron chi connectivity index (χ1n) is 5.70. The molecule has 0 unspecified atom stereocenters. The molecule has 92 valence electrons. The molecular formula is C14H13FN2O. The molecule has 2 aromatic rings. The highest BCUT2D eigenvalue weighted by atomic mass is 19.1. The van der Waals surface area contributed by atoms with Gasteiger partial charge in [-0.05, 0) is 49.4 Å². The zero-order valence-electron chi connectivity index (χ0n) is 10.0. The van der Waals surface area contributed by atoms with Crippen LogP contribution in [0, 0.1) is 5.82 Å². The van der Waals surface area contributed by atoms with Crippen LogP contribution >= 0.6 is 0 Å². The van der Waals surface area contributed by atoms with E-state index in [1.165, 1.54) is 30.3 Å². The second-order valence-corrected chi connectivity index (χ2v) is 3.78. The normalized spacial score (nSPS) is 11.0. The topological polar surface area (TPSA) is 34.9 Å². The van der Waals surface area contributed by atoms with Crippen molar-refractivity contribution in [3.8, 4) is 0 Å². The van der Waals surface area contributed by atoms with Crippen LogP contribution in [0.15, 0.2) is 42.6 Å². The lowest BCUT2D eigenvalue weighted by Gasteiger charge is -1.99. The van der Waals surface area contributed by atoms with Crippen molar-refractivity contribution in [1.29, 1.82) is 0 Å². The standard InChI is InChI=1S/C14H13FN2O/c1-2-17-13(9-10-16-17)7-8-14(18)11-3-5-12(15)6-4-11/h3-10H,2H2,1H3/b8-7+. The predicted octanol–water partition coefficient (Wildman–Crippen LogP) is 2.94. The summed E-state index contributed by atoms with van der Waals surface area (Å²) in [6.45, 7) is 2.73. The van der Waals surface area contributed by atoms with Crippen molar-refractivity contribution in [3.63, 3.8) is 0 Å². The van der Waals surface area contributed by atoms with Crippen LogP contribution in [-0.2, 0) is 6.54 Å². The number of rotatable bonds is 4. The molecule has 0 spiro atoms. The van der Waals surface area contributed by atoms with Crippen LogP contribution < -0.4 is 0 Å². The number of hydrogen-bond donors (Lipinski definition) is 0. The summed E-state index contributed by atoms with van der Waals surface area (Å²) in [6.07, 6.45) is 4.87. The smallest absolute Gasteiger partial charge is 0.185 e. The second kappa shape index (κ2) is 5.40. The van der Waals surface area contributed by atoms with Gasteiger partial charge in [-0.3, -0.25) is 9.48 Å². The lowest BCUT2D eigenvalue weighted by atomic mass is 10.1. The van der Waals surface area contributed by atoms with E-state index < -0.39 is 0 Å². The molecule has 0 saturated heterocycles. The molecule has 0 saturated carbocycles. The zero-order valence-corrected chi connectivity index (χ0v) is 10.0. The summed E-state index contributed by atoms with van der Waals surface area (Å²) in [5.41, 5.74) is 1.34. The minimum Gasteiger partial charge on any atom is -0.289 e. The summed E-state index contributed by atoms with van der Waals surface area (Å²) in [7, 11) is 0. The van der Waals surface area contributed by atoms with Crippen molar-refractivity contribution in [2.24, 2.45) is 0 Å².